The van der Waals surface area contributed by atoms with Crippen LogP contribution in [0.2, 0.25) is 0 Å². The van der Waals surface area contributed by atoms with Crippen LogP contribution in [-0.2, 0) is 28.7 Å². The van der Waals surface area contributed by atoms with Crippen LogP contribution in [0.1, 0.15) is 25.7 Å². The Labute approximate surface area is 90.9 Å². The fourth-order valence-corrected chi connectivity index (χ4v) is 1.57. The van der Waals surface area contributed by atoms with Crippen LogP contribution >= 0.6 is 0 Å². The van der Waals surface area contributed by atoms with Crippen molar-refractivity contribution in [1.29, 1.82) is 0 Å². The highest BCUT2D eigenvalue weighted by Crippen LogP contribution is 2.45. The van der Waals surface area contributed by atoms with Crippen LogP contribution in [0, 0.1) is 11.8 Å². The molecule has 0 amide bonds. The van der Waals surface area contributed by atoms with Crippen molar-refractivity contribution in [2.24, 2.45) is 11.8 Å². The maximum Gasteiger partial charge on any atom is 0.317 e. The predicted molar refractivity (Wildman–Crippen MR) is 47.6 cm³/mol. The van der Waals surface area contributed by atoms with Gasteiger partial charge < -0.3 is 9.47 Å². The highest BCUT2D eigenvalue weighted by Gasteiger charge is 2.57. The molecule has 3 rings (SSSR count). The zero-order valence-electron chi connectivity index (χ0n) is 8.43. The van der Waals surface area contributed by atoms with Crippen molar-refractivity contribution in [2.45, 2.75) is 25.7 Å². The van der Waals surface area contributed by atoms with E-state index >= 15 is 0 Å². The Morgan fingerprint density at radius 3 is 1.50 bits per heavy atom. The van der Waals surface area contributed by atoms with Crippen LogP contribution in [-0.4, -0.2) is 23.9 Å². The predicted octanol–water partition coefficient (Wildman–Crippen LogP) is -0.0540. The molecule has 0 aromatic rings. The van der Waals surface area contributed by atoms with Gasteiger partial charge in [0.15, 0.2) is 0 Å². The van der Waals surface area contributed by atoms with Gasteiger partial charge in [0, 0.05) is 12.8 Å². The van der Waals surface area contributed by atoms with Crippen LogP contribution in [0.5, 0.6) is 0 Å². The summed E-state index contributed by atoms with van der Waals surface area (Å²) in [6, 6.07) is 0. The van der Waals surface area contributed by atoms with Gasteiger partial charge >= 0.3 is 23.9 Å². The van der Waals surface area contributed by atoms with E-state index in [-0.39, 0.29) is 35.7 Å². The number of fused-ring (bicyclic) bond motifs is 1. The van der Waals surface area contributed by atoms with Gasteiger partial charge in [0.05, 0.1) is 11.8 Å². The first-order chi connectivity index (χ1) is 7.58. The Morgan fingerprint density at radius 1 is 0.812 bits per heavy atom. The molecular weight excluding hydrogens is 216 g/mol. The smallest absolute Gasteiger partial charge is 0.317 e. The van der Waals surface area contributed by atoms with Gasteiger partial charge in [0.1, 0.15) is 0 Å². The molecule has 1 saturated carbocycles. The molecule has 6 nitrogen and oxygen atoms in total. The summed E-state index contributed by atoms with van der Waals surface area (Å²) in [5, 5.41) is 0. The van der Waals surface area contributed by atoms with Gasteiger partial charge in [0.25, 0.3) is 0 Å². The maximum atomic E-state index is 10.4. The molecule has 2 unspecified atom stereocenters. The summed E-state index contributed by atoms with van der Waals surface area (Å²) in [6.45, 7) is 0. The Kier molecular flexibility index (Phi) is 2.72. The molecule has 2 saturated heterocycles. The number of carbonyl (C=O) groups excluding carboxylic acids is 4. The summed E-state index contributed by atoms with van der Waals surface area (Å²) in [6.07, 6.45) is 2.17. The van der Waals surface area contributed by atoms with Crippen molar-refractivity contribution in [3.05, 3.63) is 0 Å². The Morgan fingerprint density at radius 2 is 1.31 bits per heavy atom. The van der Waals surface area contributed by atoms with Crippen LogP contribution in [0.25, 0.3) is 0 Å². The Hall–Kier alpha value is -1.72. The minimum atomic E-state index is -0.388. The van der Waals surface area contributed by atoms with E-state index in [1.165, 1.54) is 0 Å². The molecule has 0 N–H and O–H groups in total. The largest absolute Gasteiger partial charge is 0.393 e. The minimum Gasteiger partial charge on any atom is -0.393 e. The second kappa shape index (κ2) is 4.03. The average Bonchev–Trinajstić information content (AvgIpc) is 2.92. The molecule has 0 aromatic carbocycles. The molecule has 0 spiro atoms. The van der Waals surface area contributed by atoms with Crippen molar-refractivity contribution < 1.29 is 28.7 Å². The molecule has 0 aromatic heterocycles. The lowest BCUT2D eigenvalue weighted by molar-refractivity contribution is -0.163. The molecule has 2 aliphatic heterocycles. The molecule has 1 aliphatic carbocycles. The van der Waals surface area contributed by atoms with Gasteiger partial charge in [-0.25, -0.2) is 0 Å². The molecule has 3 fully saturated rings. The standard InChI is InChI=1S/C5H4O3.C5H6O3/c6-4-2-1-3(2)5(7)8-4;6-4-2-1-3-5(7)8-4/h2-3H,1H2;1-3H2. The first-order valence-corrected chi connectivity index (χ1v) is 5.07. The highest BCUT2D eigenvalue weighted by atomic mass is 16.6. The monoisotopic (exact) mass is 226 g/mol. The number of cyclic esters (lactones) is 4. The van der Waals surface area contributed by atoms with Gasteiger partial charge in [-0.1, -0.05) is 0 Å². The molecule has 0 bridgehead atoms. The lowest BCUT2D eigenvalue weighted by Gasteiger charge is -2.06. The number of rotatable bonds is 0. The Balaban J connectivity index is 0.000000120. The first-order valence-electron chi connectivity index (χ1n) is 5.07. The van der Waals surface area contributed by atoms with E-state index in [1.807, 2.05) is 0 Å². The topological polar surface area (TPSA) is 86.7 Å². The molecule has 2 heterocycles. The molecule has 0 radical (unpaired) electrons. The first kappa shape index (κ1) is 10.8. The van der Waals surface area contributed by atoms with E-state index in [1.54, 1.807) is 0 Å². The number of hydrogen-bond acceptors (Lipinski definition) is 6. The fraction of sp³-hybridized carbons (Fsp3) is 0.600. The third-order valence-electron chi connectivity index (χ3n) is 2.59. The van der Waals surface area contributed by atoms with Gasteiger partial charge in [-0.15, -0.1) is 0 Å². The summed E-state index contributed by atoms with van der Waals surface area (Å²) < 4.78 is 8.45. The second-order valence-electron chi connectivity index (χ2n) is 3.89. The van der Waals surface area contributed by atoms with Gasteiger partial charge in [0.2, 0.25) is 0 Å². The van der Waals surface area contributed by atoms with Crippen LogP contribution in [0.15, 0.2) is 0 Å². The summed E-state index contributed by atoms with van der Waals surface area (Å²) in [5.74, 6) is -1.52. The van der Waals surface area contributed by atoms with E-state index in [0.717, 1.165) is 6.42 Å². The number of hydrogen-bond donors (Lipinski definition) is 0. The van der Waals surface area contributed by atoms with Gasteiger partial charge in [-0.2, -0.15) is 0 Å². The zero-order valence-corrected chi connectivity index (χ0v) is 8.43. The third kappa shape index (κ3) is 2.26. The molecular formula is C10H10O6. The second-order valence-corrected chi connectivity index (χ2v) is 3.89. The van der Waals surface area contributed by atoms with Crippen molar-refractivity contribution in [3.8, 4) is 0 Å². The summed E-state index contributed by atoms with van der Waals surface area (Å²) >= 11 is 0. The van der Waals surface area contributed by atoms with E-state index in [9.17, 15) is 19.2 Å². The van der Waals surface area contributed by atoms with E-state index < -0.39 is 0 Å². The highest BCUT2D eigenvalue weighted by molar-refractivity contribution is 6.00. The normalized spacial score (nSPS) is 31.0. The molecule has 2 atom stereocenters. The van der Waals surface area contributed by atoms with Crippen molar-refractivity contribution in [2.75, 3.05) is 0 Å². The third-order valence-corrected chi connectivity index (χ3v) is 2.59. The molecule has 86 valence electrons. The summed E-state index contributed by atoms with van der Waals surface area (Å²) in [5.41, 5.74) is 0. The summed E-state index contributed by atoms with van der Waals surface area (Å²) in [4.78, 5) is 41.2. The molecule has 16 heavy (non-hydrogen) atoms. The average molecular weight is 226 g/mol. The fourth-order valence-electron chi connectivity index (χ4n) is 1.57. The zero-order chi connectivity index (χ0) is 11.7. The number of carbonyl (C=O) groups is 4. The Bertz CT molecular complexity index is 340. The maximum absolute atomic E-state index is 10.4. The summed E-state index contributed by atoms with van der Waals surface area (Å²) in [7, 11) is 0. The van der Waals surface area contributed by atoms with Crippen LogP contribution in [0.4, 0.5) is 0 Å². The lowest BCUT2D eigenvalue weighted by atomic mass is 10.2. The van der Waals surface area contributed by atoms with E-state index in [4.69, 9.17) is 0 Å². The van der Waals surface area contributed by atoms with Crippen molar-refractivity contribution in [1.82, 2.24) is 0 Å². The van der Waals surface area contributed by atoms with Crippen LogP contribution < -0.4 is 0 Å². The number of ether oxygens (including phenoxy) is 2. The molecule has 6 heteroatoms. The van der Waals surface area contributed by atoms with Gasteiger partial charge in [-0.3, -0.25) is 19.2 Å². The van der Waals surface area contributed by atoms with E-state index in [0.29, 0.717) is 19.3 Å². The van der Waals surface area contributed by atoms with Gasteiger partial charge in [-0.05, 0) is 12.8 Å². The number of esters is 4. The van der Waals surface area contributed by atoms with E-state index in [2.05, 4.69) is 9.47 Å². The quantitative estimate of drug-likeness (QED) is 0.425. The van der Waals surface area contributed by atoms with Crippen molar-refractivity contribution >= 4 is 23.9 Å². The minimum absolute atomic E-state index is 0.0532. The van der Waals surface area contributed by atoms with Crippen molar-refractivity contribution in [3.63, 3.8) is 0 Å². The van der Waals surface area contributed by atoms with Crippen LogP contribution in [0.3, 0.4) is 0 Å². The lowest BCUT2D eigenvalue weighted by Crippen LogP contribution is -2.17. The SMILES string of the molecule is O=C1CCCC(=O)O1.O=C1OC(=O)C2CC12. The molecule has 3 aliphatic rings.